The van der Waals surface area contributed by atoms with Crippen molar-refractivity contribution in [2.45, 2.75) is 25.7 Å². The highest BCUT2D eigenvalue weighted by atomic mass is 35.5. The molecule has 1 aromatic carbocycles. The lowest BCUT2D eigenvalue weighted by atomic mass is 10.1. The summed E-state index contributed by atoms with van der Waals surface area (Å²) < 4.78 is 0. The largest absolute Gasteiger partial charge is 0.354 e. The van der Waals surface area contributed by atoms with Gasteiger partial charge in [0.1, 0.15) is 5.82 Å². The summed E-state index contributed by atoms with van der Waals surface area (Å²) in [7, 11) is 0. The second-order valence-corrected chi connectivity index (χ2v) is 8.69. The summed E-state index contributed by atoms with van der Waals surface area (Å²) in [6.07, 6.45) is 5.99. The number of hydrogen-bond donors (Lipinski definition) is 1. The van der Waals surface area contributed by atoms with Crippen LogP contribution in [0.15, 0.2) is 36.5 Å². The van der Waals surface area contributed by atoms with E-state index in [1.54, 1.807) is 12.3 Å². The number of H-pyrrole nitrogens is 1. The Balaban J connectivity index is 1.28. The number of pyridine rings is 1. The van der Waals surface area contributed by atoms with Crippen LogP contribution in [0.2, 0.25) is 5.02 Å². The van der Waals surface area contributed by atoms with E-state index in [-0.39, 0.29) is 5.91 Å². The summed E-state index contributed by atoms with van der Waals surface area (Å²) in [6, 6.07) is 9.87. The van der Waals surface area contributed by atoms with E-state index < -0.39 is 0 Å². The van der Waals surface area contributed by atoms with Crippen LogP contribution in [0.4, 0.5) is 11.8 Å². The minimum absolute atomic E-state index is 0.0348. The van der Waals surface area contributed by atoms with Gasteiger partial charge in [-0.15, -0.1) is 0 Å². The van der Waals surface area contributed by atoms with Crippen molar-refractivity contribution in [2.75, 3.05) is 49.1 Å². The van der Waals surface area contributed by atoms with Crippen molar-refractivity contribution in [3.05, 3.63) is 47.1 Å². The Hall–Kier alpha value is -2.80. The fourth-order valence-corrected chi connectivity index (χ4v) is 4.78. The minimum Gasteiger partial charge on any atom is -0.354 e. The number of nitrogens with zero attached hydrogens (tertiary/aromatic N) is 5. The van der Waals surface area contributed by atoms with Gasteiger partial charge in [-0.2, -0.15) is 0 Å². The van der Waals surface area contributed by atoms with Crippen molar-refractivity contribution in [1.29, 1.82) is 0 Å². The number of likely N-dealkylation sites (tertiary alicyclic amines) is 1. The summed E-state index contributed by atoms with van der Waals surface area (Å²) >= 11 is 6.60. The molecule has 1 N–H and O–H groups in total. The number of aromatic amines is 1. The van der Waals surface area contributed by atoms with Gasteiger partial charge in [0.2, 0.25) is 5.95 Å². The molecule has 0 radical (unpaired) electrons. The predicted octanol–water partition coefficient (Wildman–Crippen LogP) is 3.95. The van der Waals surface area contributed by atoms with Gasteiger partial charge in [0, 0.05) is 45.5 Å². The van der Waals surface area contributed by atoms with Crippen molar-refractivity contribution in [3.8, 4) is 0 Å². The molecule has 162 valence electrons. The number of carbonyl (C=O) groups excluding carboxylic acids is 1. The Morgan fingerprint density at radius 3 is 2.52 bits per heavy atom. The standard InChI is InChI=1S/C23H27ClN6O/c24-18-15-17(22(31)29-9-4-1-5-10-29)16-25-21(18)28-11-6-12-30(14-13-28)23-26-19-7-2-3-8-20(19)27-23/h2-3,7-8,15-16H,1,4-6,9-14H2,(H,26,27). The summed E-state index contributed by atoms with van der Waals surface area (Å²) in [5.74, 6) is 1.69. The molecule has 0 saturated carbocycles. The molecule has 7 nitrogen and oxygen atoms in total. The fourth-order valence-electron chi connectivity index (χ4n) is 4.49. The molecule has 8 heteroatoms. The summed E-state index contributed by atoms with van der Waals surface area (Å²) in [5, 5.41) is 0.542. The Bertz CT molecular complexity index is 1040. The smallest absolute Gasteiger partial charge is 0.255 e. The molecule has 2 aliphatic heterocycles. The highest BCUT2D eigenvalue weighted by Crippen LogP contribution is 2.27. The maximum absolute atomic E-state index is 12.8. The Morgan fingerprint density at radius 1 is 0.935 bits per heavy atom. The number of halogens is 1. The summed E-state index contributed by atoms with van der Waals surface area (Å²) in [5.41, 5.74) is 2.61. The molecule has 0 bridgehead atoms. The zero-order valence-electron chi connectivity index (χ0n) is 17.6. The quantitative estimate of drug-likeness (QED) is 0.670. The number of benzene rings is 1. The normalized spacial score (nSPS) is 17.8. The van der Waals surface area contributed by atoms with Crippen LogP contribution in [-0.4, -0.2) is 65.0 Å². The molecule has 2 aliphatic rings. The molecule has 0 aliphatic carbocycles. The zero-order valence-corrected chi connectivity index (χ0v) is 18.3. The van der Waals surface area contributed by atoms with Gasteiger partial charge in [-0.3, -0.25) is 4.79 Å². The number of aromatic nitrogens is 3. The lowest BCUT2D eigenvalue weighted by molar-refractivity contribution is 0.0724. The molecule has 2 fully saturated rings. The van der Waals surface area contributed by atoms with Crippen LogP contribution in [0.25, 0.3) is 11.0 Å². The SMILES string of the molecule is O=C(c1cnc(N2CCCN(c3nc4ccccc4[nH]3)CC2)c(Cl)c1)N1CCCCC1. The third-order valence-electron chi connectivity index (χ3n) is 6.18. The number of anilines is 2. The lowest BCUT2D eigenvalue weighted by Crippen LogP contribution is -2.36. The monoisotopic (exact) mass is 438 g/mol. The third kappa shape index (κ3) is 4.19. The molecule has 4 heterocycles. The van der Waals surface area contributed by atoms with E-state index in [1.165, 1.54) is 6.42 Å². The minimum atomic E-state index is 0.0348. The maximum atomic E-state index is 12.8. The van der Waals surface area contributed by atoms with Gasteiger partial charge in [-0.25, -0.2) is 9.97 Å². The van der Waals surface area contributed by atoms with Gasteiger partial charge in [-0.1, -0.05) is 23.7 Å². The lowest BCUT2D eigenvalue weighted by Gasteiger charge is -2.27. The third-order valence-corrected chi connectivity index (χ3v) is 6.46. The van der Waals surface area contributed by atoms with E-state index in [0.29, 0.717) is 10.6 Å². The predicted molar refractivity (Wildman–Crippen MR) is 124 cm³/mol. The molecule has 5 rings (SSSR count). The molecular weight excluding hydrogens is 412 g/mol. The van der Waals surface area contributed by atoms with Gasteiger partial charge >= 0.3 is 0 Å². The van der Waals surface area contributed by atoms with Gasteiger partial charge in [0.25, 0.3) is 5.91 Å². The highest BCUT2D eigenvalue weighted by molar-refractivity contribution is 6.33. The number of hydrogen-bond acceptors (Lipinski definition) is 5. The highest BCUT2D eigenvalue weighted by Gasteiger charge is 2.23. The maximum Gasteiger partial charge on any atom is 0.255 e. The molecule has 31 heavy (non-hydrogen) atoms. The molecule has 0 atom stereocenters. The topological polar surface area (TPSA) is 68.4 Å². The molecule has 2 aromatic heterocycles. The molecular formula is C23H27ClN6O. The Labute approximate surface area is 187 Å². The van der Waals surface area contributed by atoms with Crippen LogP contribution in [0.3, 0.4) is 0 Å². The van der Waals surface area contributed by atoms with E-state index in [2.05, 4.69) is 19.8 Å². The van der Waals surface area contributed by atoms with Crippen molar-refractivity contribution in [2.24, 2.45) is 0 Å². The Morgan fingerprint density at radius 2 is 1.71 bits per heavy atom. The molecule has 0 unspecified atom stereocenters. The number of amides is 1. The number of rotatable bonds is 3. The second-order valence-electron chi connectivity index (χ2n) is 8.29. The van der Waals surface area contributed by atoms with Crippen molar-refractivity contribution in [3.63, 3.8) is 0 Å². The van der Waals surface area contributed by atoms with E-state index in [4.69, 9.17) is 16.6 Å². The number of fused-ring (bicyclic) bond motifs is 1. The van der Waals surface area contributed by atoms with Crippen molar-refractivity contribution < 1.29 is 4.79 Å². The average molecular weight is 439 g/mol. The van der Waals surface area contributed by atoms with Crippen LogP contribution in [0.1, 0.15) is 36.0 Å². The van der Waals surface area contributed by atoms with E-state index in [1.807, 2.05) is 29.2 Å². The van der Waals surface area contributed by atoms with Crippen molar-refractivity contribution >= 4 is 40.3 Å². The van der Waals surface area contributed by atoms with E-state index >= 15 is 0 Å². The molecule has 1 amide bonds. The number of para-hydroxylation sites is 2. The first-order valence-electron chi connectivity index (χ1n) is 11.1. The van der Waals surface area contributed by atoms with Crippen LogP contribution in [-0.2, 0) is 0 Å². The van der Waals surface area contributed by atoms with Crippen LogP contribution in [0.5, 0.6) is 0 Å². The number of carbonyl (C=O) groups is 1. The zero-order chi connectivity index (χ0) is 21.2. The van der Waals surface area contributed by atoms with Gasteiger partial charge in [-0.05, 0) is 43.9 Å². The van der Waals surface area contributed by atoms with E-state index in [9.17, 15) is 4.79 Å². The summed E-state index contributed by atoms with van der Waals surface area (Å²) in [6.45, 7) is 5.04. The molecule has 0 spiro atoms. The molecule has 3 aromatic rings. The second kappa shape index (κ2) is 8.75. The number of piperidine rings is 1. The van der Waals surface area contributed by atoms with Gasteiger partial charge < -0.3 is 19.7 Å². The first-order valence-corrected chi connectivity index (χ1v) is 11.5. The first kappa shape index (κ1) is 20.1. The van der Waals surface area contributed by atoms with Crippen LogP contribution in [0, 0.1) is 0 Å². The summed E-state index contributed by atoms with van der Waals surface area (Å²) in [4.78, 5) is 31.9. The van der Waals surface area contributed by atoms with E-state index in [0.717, 1.165) is 81.3 Å². The molecule has 2 saturated heterocycles. The van der Waals surface area contributed by atoms with Crippen LogP contribution >= 0.6 is 11.6 Å². The van der Waals surface area contributed by atoms with Gasteiger partial charge in [0.05, 0.1) is 21.6 Å². The van der Waals surface area contributed by atoms with Crippen LogP contribution < -0.4 is 9.80 Å². The number of nitrogens with one attached hydrogen (secondary N) is 1. The fraction of sp³-hybridized carbons (Fsp3) is 0.435. The average Bonchev–Trinajstić information content (AvgIpc) is 3.09. The number of imidazole rings is 1. The first-order chi connectivity index (χ1) is 15.2. The van der Waals surface area contributed by atoms with Crippen molar-refractivity contribution in [1.82, 2.24) is 19.9 Å². The van der Waals surface area contributed by atoms with Gasteiger partial charge in [0.15, 0.2) is 0 Å². The Kier molecular flexibility index (Phi) is 5.68.